The summed E-state index contributed by atoms with van der Waals surface area (Å²) in [5, 5.41) is 9.27. The Morgan fingerprint density at radius 1 is 1.07 bits per heavy atom. The van der Waals surface area contributed by atoms with Crippen LogP contribution in [0.4, 0.5) is 0 Å². The summed E-state index contributed by atoms with van der Waals surface area (Å²) in [4.78, 5) is 11.7. The van der Waals surface area contributed by atoms with Crippen molar-refractivity contribution in [3.63, 3.8) is 0 Å². The Balaban J connectivity index is 1.49. The zero-order valence-corrected chi connectivity index (χ0v) is 17.4. The van der Waals surface area contributed by atoms with Crippen molar-refractivity contribution < 1.29 is 4.79 Å². The maximum Gasteiger partial charge on any atom is 0.250 e. The molecule has 2 fully saturated rings. The third-order valence-electron chi connectivity index (χ3n) is 7.31. The average Bonchev–Trinajstić information content (AvgIpc) is 3.24. The van der Waals surface area contributed by atoms with Crippen LogP contribution >= 0.6 is 0 Å². The van der Waals surface area contributed by atoms with Gasteiger partial charge in [0.25, 0.3) is 5.91 Å². The molecule has 1 amide bonds. The van der Waals surface area contributed by atoms with Crippen LogP contribution in [0.1, 0.15) is 60.9 Å². The van der Waals surface area contributed by atoms with Crippen LogP contribution in [0.3, 0.4) is 0 Å². The number of hydrogen-bond acceptors (Lipinski definition) is 3. The number of rotatable bonds is 4. The summed E-state index contributed by atoms with van der Waals surface area (Å²) in [6.45, 7) is 2.22. The normalized spacial score (nSPS) is 22.9. The number of nitrogens with one attached hydrogen (secondary N) is 1. The third-order valence-corrected chi connectivity index (χ3v) is 7.31. The van der Waals surface area contributed by atoms with Gasteiger partial charge in [-0.2, -0.15) is 5.10 Å². The molecule has 156 valence electrons. The van der Waals surface area contributed by atoms with Gasteiger partial charge in [-0.3, -0.25) is 4.79 Å². The van der Waals surface area contributed by atoms with Crippen LogP contribution in [0, 0.1) is 5.92 Å². The van der Waals surface area contributed by atoms with E-state index >= 15 is 0 Å². The summed E-state index contributed by atoms with van der Waals surface area (Å²) in [5.41, 5.74) is 9.36. The summed E-state index contributed by atoms with van der Waals surface area (Å²) in [6.07, 6.45) is 11.3. The van der Waals surface area contributed by atoms with E-state index in [9.17, 15) is 4.79 Å². The number of carbonyl (C=O) groups is 1. The second kappa shape index (κ2) is 7.88. The van der Waals surface area contributed by atoms with E-state index < -0.39 is 5.91 Å². The summed E-state index contributed by atoms with van der Waals surface area (Å²) in [6, 6.07) is 14.5. The molecule has 5 nitrogen and oxygen atoms in total. The van der Waals surface area contributed by atoms with Gasteiger partial charge in [0, 0.05) is 23.5 Å². The number of carbonyl (C=O) groups excluding carboxylic acids is 1. The summed E-state index contributed by atoms with van der Waals surface area (Å²) >= 11 is 0. The van der Waals surface area contributed by atoms with Crippen LogP contribution in [-0.2, 0) is 5.41 Å². The molecule has 1 aliphatic carbocycles. The maximum atomic E-state index is 11.7. The molecule has 0 spiro atoms. The van der Waals surface area contributed by atoms with Gasteiger partial charge in [-0.05, 0) is 61.9 Å². The minimum absolute atomic E-state index is 0.255. The van der Waals surface area contributed by atoms with Crippen LogP contribution in [-0.4, -0.2) is 28.8 Å². The molecule has 2 heterocycles. The van der Waals surface area contributed by atoms with Gasteiger partial charge >= 0.3 is 0 Å². The fourth-order valence-corrected chi connectivity index (χ4v) is 5.74. The number of piperidine rings is 1. The lowest BCUT2D eigenvalue weighted by molar-refractivity contribution is 0.100. The van der Waals surface area contributed by atoms with Gasteiger partial charge < -0.3 is 11.1 Å². The van der Waals surface area contributed by atoms with E-state index in [4.69, 9.17) is 5.73 Å². The Morgan fingerprint density at radius 2 is 1.87 bits per heavy atom. The number of nitrogens with two attached hydrogens (primary N) is 1. The highest BCUT2D eigenvalue weighted by Crippen LogP contribution is 2.45. The minimum Gasteiger partial charge on any atom is -0.366 e. The first-order valence-corrected chi connectivity index (χ1v) is 11.3. The van der Waals surface area contributed by atoms with E-state index in [1.54, 1.807) is 6.07 Å². The lowest BCUT2D eigenvalue weighted by Crippen LogP contribution is -2.49. The fraction of sp³-hybridized carbons (Fsp3) is 0.440. The monoisotopic (exact) mass is 402 g/mol. The molecule has 2 aromatic carbocycles. The topological polar surface area (TPSA) is 72.9 Å². The van der Waals surface area contributed by atoms with E-state index in [1.807, 2.05) is 23.0 Å². The molecule has 0 unspecified atom stereocenters. The standard InChI is InChI=1S/C25H30N4O/c26-24(30)22-9-4-6-18-16-29(28-23(18)22)21-12-10-20(11-13-21)25(14-5-15-27-17-25)19-7-2-1-3-8-19/h4,6,9-13,16,19,27H,1-3,5,7-8,14-15,17H2,(H2,26,30)/t25-/m0/s1. The van der Waals surface area contributed by atoms with E-state index in [-0.39, 0.29) is 5.41 Å². The Kier molecular flexibility index (Phi) is 5.07. The van der Waals surface area contributed by atoms with Crippen molar-refractivity contribution in [2.75, 3.05) is 13.1 Å². The number of benzene rings is 2. The van der Waals surface area contributed by atoms with Gasteiger partial charge in [-0.15, -0.1) is 0 Å². The number of primary amides is 1. The molecule has 0 bridgehead atoms. The van der Waals surface area contributed by atoms with Crippen molar-refractivity contribution >= 4 is 16.8 Å². The minimum atomic E-state index is -0.444. The molecule has 1 aromatic heterocycles. The molecule has 1 saturated carbocycles. The molecule has 3 aromatic rings. The van der Waals surface area contributed by atoms with Crippen LogP contribution in [0.15, 0.2) is 48.7 Å². The number of hydrogen-bond donors (Lipinski definition) is 2. The summed E-state index contributed by atoms with van der Waals surface area (Å²) in [7, 11) is 0. The second-order valence-electron chi connectivity index (χ2n) is 9.00. The Morgan fingerprint density at radius 3 is 2.57 bits per heavy atom. The summed E-state index contributed by atoms with van der Waals surface area (Å²) in [5.74, 6) is 0.329. The van der Waals surface area contributed by atoms with Gasteiger partial charge in [0.15, 0.2) is 0 Å². The zero-order valence-electron chi connectivity index (χ0n) is 17.4. The number of nitrogens with zero attached hydrogens (tertiary/aromatic N) is 2. The first-order valence-electron chi connectivity index (χ1n) is 11.3. The lowest BCUT2D eigenvalue weighted by atomic mass is 9.62. The van der Waals surface area contributed by atoms with Crippen LogP contribution < -0.4 is 11.1 Å². The smallest absolute Gasteiger partial charge is 0.250 e. The van der Waals surface area contributed by atoms with Crippen LogP contribution in [0.25, 0.3) is 16.6 Å². The van der Waals surface area contributed by atoms with Crippen molar-refractivity contribution in [2.24, 2.45) is 11.7 Å². The highest BCUT2D eigenvalue weighted by Gasteiger charge is 2.41. The number of fused-ring (bicyclic) bond motifs is 1. The molecule has 1 saturated heterocycles. The van der Waals surface area contributed by atoms with Gasteiger partial charge in [-0.25, -0.2) is 4.68 Å². The average molecular weight is 403 g/mol. The molecule has 3 N–H and O–H groups in total. The highest BCUT2D eigenvalue weighted by atomic mass is 16.1. The van der Waals surface area contributed by atoms with Gasteiger partial charge in [0.2, 0.25) is 0 Å². The largest absolute Gasteiger partial charge is 0.366 e. The zero-order chi connectivity index (χ0) is 20.6. The molecule has 1 aliphatic heterocycles. The Hall–Kier alpha value is -2.66. The van der Waals surface area contributed by atoms with Crippen molar-refractivity contribution in [3.8, 4) is 5.69 Å². The van der Waals surface area contributed by atoms with Crippen molar-refractivity contribution in [1.29, 1.82) is 0 Å². The summed E-state index contributed by atoms with van der Waals surface area (Å²) < 4.78 is 1.85. The van der Waals surface area contributed by atoms with Crippen molar-refractivity contribution in [3.05, 3.63) is 59.8 Å². The second-order valence-corrected chi connectivity index (χ2v) is 9.00. The van der Waals surface area contributed by atoms with E-state index in [2.05, 4.69) is 34.7 Å². The molecule has 1 atom stereocenters. The van der Waals surface area contributed by atoms with Crippen LogP contribution in [0.2, 0.25) is 0 Å². The quantitative estimate of drug-likeness (QED) is 0.682. The van der Waals surface area contributed by atoms with Gasteiger partial charge in [-0.1, -0.05) is 43.5 Å². The predicted octanol–water partition coefficient (Wildman–Crippen LogP) is 4.33. The molecule has 5 rings (SSSR count). The molecule has 30 heavy (non-hydrogen) atoms. The van der Waals surface area contributed by atoms with E-state index in [0.29, 0.717) is 11.1 Å². The predicted molar refractivity (Wildman–Crippen MR) is 120 cm³/mol. The van der Waals surface area contributed by atoms with Crippen molar-refractivity contribution in [1.82, 2.24) is 15.1 Å². The SMILES string of the molecule is NC(=O)c1cccc2cn(-c3ccc([C@@]4(C5CCCCC5)CCCNC4)cc3)nc12. The first-order chi connectivity index (χ1) is 14.7. The molecular weight excluding hydrogens is 372 g/mol. The molecule has 2 aliphatic rings. The van der Waals surface area contributed by atoms with Crippen LogP contribution in [0.5, 0.6) is 0 Å². The Labute approximate surface area is 177 Å². The van der Waals surface area contributed by atoms with Gasteiger partial charge in [0.05, 0.1) is 11.3 Å². The molecule has 5 heteroatoms. The van der Waals surface area contributed by atoms with E-state index in [1.165, 1.54) is 50.5 Å². The highest BCUT2D eigenvalue weighted by molar-refractivity contribution is 6.04. The maximum absolute atomic E-state index is 11.7. The van der Waals surface area contributed by atoms with Crippen molar-refractivity contribution in [2.45, 2.75) is 50.4 Å². The number of aromatic nitrogens is 2. The number of amides is 1. The Bertz CT molecular complexity index is 1040. The third kappa shape index (κ3) is 3.31. The fourth-order valence-electron chi connectivity index (χ4n) is 5.74. The molecular formula is C25H30N4O. The lowest BCUT2D eigenvalue weighted by Gasteiger charge is -2.46. The van der Waals surface area contributed by atoms with E-state index in [0.717, 1.165) is 30.1 Å². The first kappa shape index (κ1) is 19.3. The molecule has 0 radical (unpaired) electrons. The van der Waals surface area contributed by atoms with Gasteiger partial charge in [0.1, 0.15) is 5.52 Å².